The summed E-state index contributed by atoms with van der Waals surface area (Å²) in [5.74, 6) is -0.0127. The number of carbonyl (C=O) groups is 1. The highest BCUT2D eigenvalue weighted by atomic mass is 35.6. The second kappa shape index (κ2) is 3.65. The number of ketones is 1. The van der Waals surface area contributed by atoms with Gasteiger partial charge in [0.1, 0.15) is 5.78 Å². The van der Waals surface area contributed by atoms with E-state index in [-0.39, 0.29) is 12.2 Å². The highest BCUT2D eigenvalue weighted by molar-refractivity contribution is 6.68. The lowest BCUT2D eigenvalue weighted by molar-refractivity contribution is -0.116. The maximum atomic E-state index is 10.3. The van der Waals surface area contributed by atoms with E-state index in [1.165, 1.54) is 13.3 Å². The van der Waals surface area contributed by atoms with E-state index in [1.807, 2.05) is 0 Å². The van der Waals surface area contributed by atoms with Gasteiger partial charge in [-0.3, -0.25) is 0 Å². The maximum Gasteiger partial charge on any atom is 0.194 e. The van der Waals surface area contributed by atoms with Gasteiger partial charge < -0.3 is 4.79 Å². The molecule has 1 radical (unpaired) electrons. The average Bonchev–Trinajstić information content (AvgIpc) is 1.59. The molecule has 0 bridgehead atoms. The zero-order valence-electron chi connectivity index (χ0n) is 4.83. The molecule has 0 aromatic carbocycles. The van der Waals surface area contributed by atoms with Gasteiger partial charge in [0, 0.05) is 12.8 Å². The van der Waals surface area contributed by atoms with E-state index in [0.29, 0.717) is 0 Å². The summed E-state index contributed by atoms with van der Waals surface area (Å²) in [6, 6.07) is 0. The Balaban J connectivity index is 3.39. The molecule has 0 aromatic heterocycles. The van der Waals surface area contributed by atoms with Crippen molar-refractivity contribution < 1.29 is 4.79 Å². The molecule has 0 spiro atoms. The van der Waals surface area contributed by atoms with Crippen LogP contribution in [0.15, 0.2) is 0 Å². The first-order valence-electron chi connectivity index (χ1n) is 2.32. The molecular formula is C5H6Cl3O. The minimum absolute atomic E-state index is 0.0127. The van der Waals surface area contributed by atoms with Crippen LogP contribution in [-0.2, 0) is 4.79 Å². The van der Waals surface area contributed by atoms with Gasteiger partial charge in [0.2, 0.25) is 0 Å². The van der Waals surface area contributed by atoms with Crippen LogP contribution >= 0.6 is 34.8 Å². The molecule has 0 aromatic rings. The number of carbonyl (C=O) groups excluding carboxylic acids is 1. The van der Waals surface area contributed by atoms with Crippen LogP contribution in [0.1, 0.15) is 13.3 Å². The molecule has 0 heterocycles. The lowest BCUT2D eigenvalue weighted by atomic mass is 10.2. The van der Waals surface area contributed by atoms with Crippen LogP contribution in [0, 0.1) is 6.42 Å². The highest BCUT2D eigenvalue weighted by Crippen LogP contribution is 2.30. The summed E-state index contributed by atoms with van der Waals surface area (Å²) >= 11 is 15.9. The molecule has 0 saturated heterocycles. The maximum absolute atomic E-state index is 10.3. The number of Topliss-reactive ketones (excluding diaryl/α,β-unsaturated/α-hetero) is 1. The Bertz CT molecular complexity index is 105. The summed E-state index contributed by atoms with van der Waals surface area (Å²) in [6.45, 7) is 1.44. The number of rotatable bonds is 2. The van der Waals surface area contributed by atoms with Crippen LogP contribution in [0.3, 0.4) is 0 Å². The van der Waals surface area contributed by atoms with Crippen molar-refractivity contribution in [3.05, 3.63) is 6.42 Å². The zero-order valence-corrected chi connectivity index (χ0v) is 7.09. The van der Waals surface area contributed by atoms with Crippen LogP contribution in [0.4, 0.5) is 0 Å². The summed E-state index contributed by atoms with van der Waals surface area (Å²) in [5.41, 5.74) is 0. The van der Waals surface area contributed by atoms with Gasteiger partial charge in [0.15, 0.2) is 3.79 Å². The van der Waals surface area contributed by atoms with Gasteiger partial charge in [-0.15, -0.1) is 0 Å². The molecule has 0 aliphatic heterocycles. The first-order valence-corrected chi connectivity index (χ1v) is 3.46. The second-order valence-corrected chi connectivity index (χ2v) is 4.02. The SMILES string of the molecule is CC(=O)C[CH]C(Cl)(Cl)Cl. The van der Waals surface area contributed by atoms with Crippen molar-refractivity contribution in [1.82, 2.24) is 0 Å². The molecule has 0 fully saturated rings. The van der Waals surface area contributed by atoms with Gasteiger partial charge in [-0.25, -0.2) is 0 Å². The van der Waals surface area contributed by atoms with E-state index >= 15 is 0 Å². The highest BCUT2D eigenvalue weighted by Gasteiger charge is 2.19. The smallest absolute Gasteiger partial charge is 0.194 e. The van der Waals surface area contributed by atoms with Gasteiger partial charge in [-0.05, 0) is 6.92 Å². The fourth-order valence-electron chi connectivity index (χ4n) is 0.259. The van der Waals surface area contributed by atoms with Crippen molar-refractivity contribution in [3.8, 4) is 0 Å². The number of hydrogen-bond acceptors (Lipinski definition) is 1. The Labute approximate surface area is 69.3 Å². The largest absolute Gasteiger partial charge is 0.300 e. The molecule has 0 amide bonds. The topological polar surface area (TPSA) is 17.1 Å². The van der Waals surface area contributed by atoms with Crippen molar-refractivity contribution in [1.29, 1.82) is 0 Å². The third-order valence-corrected chi connectivity index (χ3v) is 1.08. The van der Waals surface area contributed by atoms with Gasteiger partial charge in [0.25, 0.3) is 0 Å². The van der Waals surface area contributed by atoms with Crippen LogP contribution in [0.25, 0.3) is 0 Å². The van der Waals surface area contributed by atoms with E-state index in [4.69, 9.17) is 34.8 Å². The first-order chi connectivity index (χ1) is 3.92. The zero-order chi connectivity index (χ0) is 7.49. The fraction of sp³-hybridized carbons (Fsp3) is 0.600. The molecule has 9 heavy (non-hydrogen) atoms. The van der Waals surface area contributed by atoms with E-state index in [2.05, 4.69) is 0 Å². The standard InChI is InChI=1S/C5H6Cl3O/c1-4(9)2-3-5(6,7)8/h3H,2H2,1H3. The van der Waals surface area contributed by atoms with Crippen molar-refractivity contribution in [3.63, 3.8) is 0 Å². The first kappa shape index (κ1) is 9.54. The third-order valence-electron chi connectivity index (χ3n) is 0.621. The number of alkyl halides is 3. The molecule has 53 valence electrons. The summed E-state index contributed by atoms with van der Waals surface area (Å²) in [6.07, 6.45) is 1.54. The van der Waals surface area contributed by atoms with Crippen molar-refractivity contribution in [2.45, 2.75) is 17.1 Å². The summed E-state index contributed by atoms with van der Waals surface area (Å²) in [7, 11) is 0. The fourth-order valence-corrected chi connectivity index (χ4v) is 0.491. The Morgan fingerprint density at radius 2 is 2.00 bits per heavy atom. The third kappa shape index (κ3) is 8.54. The van der Waals surface area contributed by atoms with Crippen molar-refractivity contribution >= 4 is 40.6 Å². The summed E-state index contributed by atoms with van der Waals surface area (Å²) in [5, 5.41) is 0. The van der Waals surface area contributed by atoms with Crippen molar-refractivity contribution in [2.75, 3.05) is 0 Å². The van der Waals surface area contributed by atoms with E-state index < -0.39 is 3.79 Å². The molecule has 0 rings (SSSR count). The summed E-state index contributed by atoms with van der Waals surface area (Å²) < 4.78 is -1.40. The van der Waals surface area contributed by atoms with Gasteiger partial charge in [-0.1, -0.05) is 34.8 Å². The Morgan fingerprint density at radius 3 is 2.11 bits per heavy atom. The molecule has 0 atom stereocenters. The molecule has 0 unspecified atom stereocenters. The minimum Gasteiger partial charge on any atom is -0.300 e. The average molecular weight is 188 g/mol. The van der Waals surface area contributed by atoms with Crippen LogP contribution in [0.2, 0.25) is 0 Å². The quantitative estimate of drug-likeness (QED) is 0.609. The lowest BCUT2D eigenvalue weighted by Gasteiger charge is -2.06. The van der Waals surface area contributed by atoms with Crippen LogP contribution in [0.5, 0.6) is 0 Å². The molecule has 0 saturated carbocycles. The molecule has 4 heteroatoms. The molecule has 0 aliphatic carbocycles. The van der Waals surface area contributed by atoms with E-state index in [0.717, 1.165) is 0 Å². The normalized spacial score (nSPS) is 11.6. The molecular weight excluding hydrogens is 182 g/mol. The summed E-state index contributed by atoms with van der Waals surface area (Å²) in [4.78, 5) is 10.3. The Hall–Kier alpha value is 0.540. The Kier molecular flexibility index (Phi) is 3.86. The molecule has 0 aliphatic rings. The predicted molar refractivity (Wildman–Crippen MR) is 39.9 cm³/mol. The van der Waals surface area contributed by atoms with Crippen LogP contribution in [-0.4, -0.2) is 9.58 Å². The monoisotopic (exact) mass is 187 g/mol. The van der Waals surface area contributed by atoms with Crippen molar-refractivity contribution in [2.24, 2.45) is 0 Å². The van der Waals surface area contributed by atoms with E-state index in [9.17, 15) is 4.79 Å². The number of hydrogen-bond donors (Lipinski definition) is 0. The molecule has 1 nitrogen and oxygen atoms in total. The van der Waals surface area contributed by atoms with Crippen LogP contribution < -0.4 is 0 Å². The number of halogens is 3. The Morgan fingerprint density at radius 1 is 1.56 bits per heavy atom. The lowest BCUT2D eigenvalue weighted by Crippen LogP contribution is -2.05. The van der Waals surface area contributed by atoms with Gasteiger partial charge in [-0.2, -0.15) is 0 Å². The van der Waals surface area contributed by atoms with Gasteiger partial charge in [0.05, 0.1) is 0 Å². The van der Waals surface area contributed by atoms with E-state index in [1.54, 1.807) is 0 Å². The van der Waals surface area contributed by atoms with Gasteiger partial charge >= 0.3 is 0 Å². The molecule has 0 N–H and O–H groups in total. The second-order valence-electron chi connectivity index (χ2n) is 1.65. The minimum atomic E-state index is -1.40. The predicted octanol–water partition coefficient (Wildman–Crippen LogP) is 2.54.